The normalized spacial score (nSPS) is 30.4. The van der Waals surface area contributed by atoms with Gasteiger partial charge in [0.15, 0.2) is 0 Å². The number of rotatable bonds is 5. The molecule has 0 spiro atoms. The number of hydrogen-bond donors (Lipinski definition) is 3. The molecular weight excluding hydrogens is 290 g/mol. The van der Waals surface area contributed by atoms with Gasteiger partial charge in [-0.1, -0.05) is 13.8 Å². The topological polar surface area (TPSA) is 81.7 Å². The van der Waals surface area contributed by atoms with E-state index in [-0.39, 0.29) is 29.7 Å². The maximum Gasteiger partial charge on any atom is 0.243 e. The van der Waals surface area contributed by atoms with Gasteiger partial charge in [0.1, 0.15) is 6.04 Å². The molecule has 3 N–H and O–H groups in total. The molecular formula is C14H25N3O3S. The third-order valence-corrected chi connectivity index (χ3v) is 5.36. The Morgan fingerprint density at radius 1 is 1.48 bits per heavy atom. The van der Waals surface area contributed by atoms with Gasteiger partial charge in [-0.3, -0.25) is 9.59 Å². The largest absolute Gasteiger partial charge is 0.391 e. The Hall–Kier alpha value is -0.790. The van der Waals surface area contributed by atoms with Gasteiger partial charge in [0.2, 0.25) is 11.8 Å². The van der Waals surface area contributed by atoms with Crippen molar-refractivity contribution in [2.24, 2.45) is 11.8 Å². The summed E-state index contributed by atoms with van der Waals surface area (Å²) in [5, 5.41) is 15.7. The van der Waals surface area contributed by atoms with Crippen LogP contribution in [0.25, 0.3) is 0 Å². The summed E-state index contributed by atoms with van der Waals surface area (Å²) >= 11 is 1.62. The van der Waals surface area contributed by atoms with E-state index in [1.165, 1.54) is 0 Å². The molecule has 2 heterocycles. The lowest BCUT2D eigenvalue weighted by Gasteiger charge is -2.26. The number of β-amino-alcohol motifs (C(OH)–C–C–N with tert-alkyl or cyclic N) is 1. The molecule has 0 aromatic carbocycles. The van der Waals surface area contributed by atoms with Crippen LogP contribution in [0.3, 0.4) is 0 Å². The monoisotopic (exact) mass is 315 g/mol. The zero-order chi connectivity index (χ0) is 15.4. The lowest BCUT2D eigenvalue weighted by molar-refractivity contribution is -0.140. The van der Waals surface area contributed by atoms with Crippen LogP contribution in [0.15, 0.2) is 0 Å². The summed E-state index contributed by atoms with van der Waals surface area (Å²) < 4.78 is 0. The molecule has 2 aliphatic rings. The first kappa shape index (κ1) is 16.6. The highest BCUT2D eigenvalue weighted by atomic mass is 32.2. The molecule has 2 fully saturated rings. The second-order valence-corrected chi connectivity index (χ2v) is 6.86. The Balaban J connectivity index is 1.87. The van der Waals surface area contributed by atoms with Gasteiger partial charge in [-0.2, -0.15) is 0 Å². The Bertz CT molecular complexity index is 394. The maximum absolute atomic E-state index is 12.3. The number of thioether (sulfide) groups is 1. The van der Waals surface area contributed by atoms with Gasteiger partial charge in [-0.05, 0) is 6.42 Å². The van der Waals surface area contributed by atoms with E-state index in [0.717, 1.165) is 13.0 Å². The average Bonchev–Trinajstić information content (AvgIpc) is 3.12. The standard InChI is InChI=1S/C14H25N3O3S/c1-3-9(2)14(20)17-8-21-7-11(17)13(19)16-5-10-4-15-6-12(10)18/h9-12,15,18H,3-8H2,1-2H3,(H,16,19). The molecule has 6 nitrogen and oxygen atoms in total. The second-order valence-electron chi connectivity index (χ2n) is 5.86. The lowest BCUT2D eigenvalue weighted by Crippen LogP contribution is -2.50. The van der Waals surface area contributed by atoms with E-state index in [2.05, 4.69) is 10.6 Å². The summed E-state index contributed by atoms with van der Waals surface area (Å²) in [5.74, 6) is 1.22. The van der Waals surface area contributed by atoms with E-state index < -0.39 is 6.10 Å². The number of carbonyl (C=O) groups is 2. The first-order valence-electron chi connectivity index (χ1n) is 7.59. The van der Waals surface area contributed by atoms with Crippen LogP contribution in [0, 0.1) is 11.8 Å². The maximum atomic E-state index is 12.3. The van der Waals surface area contributed by atoms with E-state index in [4.69, 9.17) is 0 Å². The summed E-state index contributed by atoms with van der Waals surface area (Å²) in [5.41, 5.74) is 0. The van der Waals surface area contributed by atoms with Crippen LogP contribution >= 0.6 is 11.8 Å². The van der Waals surface area contributed by atoms with Crippen molar-refractivity contribution in [2.75, 3.05) is 31.3 Å². The highest BCUT2D eigenvalue weighted by molar-refractivity contribution is 7.99. The second kappa shape index (κ2) is 7.47. The molecule has 4 atom stereocenters. The van der Waals surface area contributed by atoms with Crippen LogP contribution in [-0.2, 0) is 9.59 Å². The molecule has 2 aliphatic heterocycles. The van der Waals surface area contributed by atoms with Crippen LogP contribution in [0.4, 0.5) is 0 Å². The fraction of sp³-hybridized carbons (Fsp3) is 0.857. The van der Waals surface area contributed by atoms with Crippen molar-refractivity contribution in [3.63, 3.8) is 0 Å². The number of nitrogens with one attached hydrogen (secondary N) is 2. The van der Waals surface area contributed by atoms with Crippen LogP contribution < -0.4 is 10.6 Å². The number of hydrogen-bond acceptors (Lipinski definition) is 5. The third kappa shape index (κ3) is 3.90. The number of aliphatic hydroxyl groups is 1. The molecule has 0 saturated carbocycles. The molecule has 120 valence electrons. The molecule has 2 amide bonds. The predicted octanol–water partition coefficient (Wildman–Crippen LogP) is -0.369. The Morgan fingerprint density at radius 3 is 2.86 bits per heavy atom. The predicted molar refractivity (Wildman–Crippen MR) is 82.8 cm³/mol. The van der Waals surface area contributed by atoms with E-state index in [1.807, 2.05) is 13.8 Å². The van der Waals surface area contributed by atoms with Crippen molar-refractivity contribution in [3.8, 4) is 0 Å². The SMILES string of the molecule is CCC(C)C(=O)N1CSCC1C(=O)NCC1CNCC1O. The zero-order valence-electron chi connectivity index (χ0n) is 12.7. The van der Waals surface area contributed by atoms with Gasteiger partial charge in [0.05, 0.1) is 12.0 Å². The number of carbonyl (C=O) groups excluding carboxylic acids is 2. The Labute approximate surface area is 130 Å². The average molecular weight is 315 g/mol. The van der Waals surface area contributed by atoms with Crippen molar-refractivity contribution in [2.45, 2.75) is 32.4 Å². The molecule has 0 radical (unpaired) electrons. The molecule has 2 saturated heterocycles. The first-order valence-corrected chi connectivity index (χ1v) is 8.74. The van der Waals surface area contributed by atoms with E-state index in [1.54, 1.807) is 16.7 Å². The van der Waals surface area contributed by atoms with Gasteiger partial charge >= 0.3 is 0 Å². The summed E-state index contributed by atoms with van der Waals surface area (Å²) in [7, 11) is 0. The molecule has 0 aliphatic carbocycles. The minimum absolute atomic E-state index is 0.0418. The quantitative estimate of drug-likeness (QED) is 0.645. The Morgan fingerprint density at radius 2 is 2.24 bits per heavy atom. The first-order chi connectivity index (χ1) is 10.0. The van der Waals surface area contributed by atoms with E-state index >= 15 is 0 Å². The molecule has 0 bridgehead atoms. The lowest BCUT2D eigenvalue weighted by atomic mass is 10.1. The molecule has 21 heavy (non-hydrogen) atoms. The molecule has 0 aromatic heterocycles. The highest BCUT2D eigenvalue weighted by Crippen LogP contribution is 2.24. The summed E-state index contributed by atoms with van der Waals surface area (Å²) in [6, 6.07) is -0.372. The van der Waals surface area contributed by atoms with Crippen molar-refractivity contribution in [1.82, 2.24) is 15.5 Å². The minimum Gasteiger partial charge on any atom is -0.391 e. The third-order valence-electron chi connectivity index (χ3n) is 4.34. The number of amides is 2. The fourth-order valence-corrected chi connectivity index (χ4v) is 3.78. The van der Waals surface area contributed by atoms with Crippen LogP contribution in [0.2, 0.25) is 0 Å². The summed E-state index contributed by atoms with van der Waals surface area (Å²) in [6.45, 7) is 5.64. The molecule has 7 heteroatoms. The van der Waals surface area contributed by atoms with Crippen LogP contribution in [0.1, 0.15) is 20.3 Å². The van der Waals surface area contributed by atoms with E-state index in [0.29, 0.717) is 24.7 Å². The van der Waals surface area contributed by atoms with Crippen molar-refractivity contribution >= 4 is 23.6 Å². The van der Waals surface area contributed by atoms with Gasteiger partial charge in [0, 0.05) is 37.2 Å². The van der Waals surface area contributed by atoms with Crippen molar-refractivity contribution < 1.29 is 14.7 Å². The molecule has 4 unspecified atom stereocenters. The van der Waals surface area contributed by atoms with Crippen LogP contribution in [0.5, 0.6) is 0 Å². The Kier molecular flexibility index (Phi) is 5.89. The number of nitrogens with zero attached hydrogens (tertiary/aromatic N) is 1. The summed E-state index contributed by atoms with van der Waals surface area (Å²) in [6.07, 6.45) is 0.384. The van der Waals surface area contributed by atoms with E-state index in [9.17, 15) is 14.7 Å². The fourth-order valence-electron chi connectivity index (χ4n) is 2.61. The molecule has 2 rings (SSSR count). The highest BCUT2D eigenvalue weighted by Gasteiger charge is 2.36. The van der Waals surface area contributed by atoms with Crippen molar-refractivity contribution in [3.05, 3.63) is 0 Å². The van der Waals surface area contributed by atoms with Crippen LogP contribution in [-0.4, -0.2) is 65.2 Å². The summed E-state index contributed by atoms with van der Waals surface area (Å²) in [4.78, 5) is 26.3. The smallest absolute Gasteiger partial charge is 0.243 e. The van der Waals surface area contributed by atoms with Gasteiger partial charge in [0.25, 0.3) is 0 Å². The zero-order valence-corrected chi connectivity index (χ0v) is 13.5. The minimum atomic E-state index is -0.402. The van der Waals surface area contributed by atoms with Crippen molar-refractivity contribution in [1.29, 1.82) is 0 Å². The van der Waals surface area contributed by atoms with Gasteiger partial charge in [-0.15, -0.1) is 11.8 Å². The molecule has 0 aromatic rings. The van der Waals surface area contributed by atoms with Gasteiger partial charge < -0.3 is 20.6 Å². The number of aliphatic hydroxyl groups excluding tert-OH is 1. The van der Waals surface area contributed by atoms with Gasteiger partial charge in [-0.25, -0.2) is 0 Å².